The first kappa shape index (κ1) is 17.9. The van der Waals surface area contributed by atoms with Gasteiger partial charge in [-0.25, -0.2) is 0 Å². The van der Waals surface area contributed by atoms with Crippen LogP contribution in [0.3, 0.4) is 0 Å². The summed E-state index contributed by atoms with van der Waals surface area (Å²) < 4.78 is 47.6. The molecule has 7 heteroatoms. The van der Waals surface area contributed by atoms with Gasteiger partial charge in [-0.05, 0) is 30.5 Å². The molecular formula is C14H21F3N2O2. The summed E-state index contributed by atoms with van der Waals surface area (Å²) in [6.45, 7) is 1.55. The Morgan fingerprint density at radius 3 is 2.33 bits per heavy atom. The Morgan fingerprint density at radius 2 is 1.81 bits per heavy atom. The zero-order chi connectivity index (χ0) is 15.7. The zero-order valence-electron chi connectivity index (χ0n) is 12.0. The summed E-state index contributed by atoms with van der Waals surface area (Å²) in [6, 6.07) is 5.05. The Balaban J connectivity index is 2.42. The topological polar surface area (TPSA) is 56.5 Å². The molecule has 0 saturated heterocycles. The molecule has 0 fully saturated rings. The average molecular weight is 306 g/mol. The number of hydrazine groups is 1. The summed E-state index contributed by atoms with van der Waals surface area (Å²) in [7, 11) is 1.60. The Morgan fingerprint density at radius 1 is 1.14 bits per heavy atom. The molecule has 0 heterocycles. The normalized spacial score (nSPS) is 13.4. The van der Waals surface area contributed by atoms with E-state index in [4.69, 9.17) is 15.3 Å². The molecule has 4 nitrogen and oxygen atoms in total. The smallest absolute Gasteiger partial charge is 0.382 e. The molecule has 0 aliphatic heterocycles. The Labute approximate surface area is 122 Å². The molecular weight excluding hydrogens is 285 g/mol. The van der Waals surface area contributed by atoms with E-state index in [2.05, 4.69) is 5.43 Å². The highest BCUT2D eigenvalue weighted by Crippen LogP contribution is 2.29. The molecule has 0 aromatic heterocycles. The lowest BCUT2D eigenvalue weighted by molar-refractivity contribution is -0.137. The standard InChI is InChI=1S/C14H21F3N2O2/c1-20-8-9-21-7-6-13(19-18)10-11-2-4-12(5-3-11)14(15,16)17/h2-5,13,19H,6-10,18H2,1H3. The van der Waals surface area contributed by atoms with E-state index >= 15 is 0 Å². The van der Waals surface area contributed by atoms with Gasteiger partial charge in [-0.3, -0.25) is 11.3 Å². The maximum Gasteiger partial charge on any atom is 0.416 e. The fraction of sp³-hybridized carbons (Fsp3) is 0.571. The number of nitrogens with two attached hydrogens (primary N) is 1. The van der Waals surface area contributed by atoms with Crippen molar-refractivity contribution in [3.63, 3.8) is 0 Å². The Hall–Kier alpha value is -1.15. The molecule has 0 saturated carbocycles. The number of hydrogen-bond donors (Lipinski definition) is 2. The molecule has 1 aromatic carbocycles. The minimum Gasteiger partial charge on any atom is -0.382 e. The number of alkyl halides is 3. The van der Waals surface area contributed by atoms with E-state index in [9.17, 15) is 13.2 Å². The Bertz CT molecular complexity index is 396. The van der Waals surface area contributed by atoms with Crippen LogP contribution < -0.4 is 11.3 Å². The number of nitrogens with one attached hydrogen (secondary N) is 1. The van der Waals surface area contributed by atoms with Crippen molar-refractivity contribution in [2.45, 2.75) is 25.1 Å². The van der Waals surface area contributed by atoms with Crippen molar-refractivity contribution < 1.29 is 22.6 Å². The predicted molar refractivity (Wildman–Crippen MR) is 73.6 cm³/mol. The first-order chi connectivity index (χ1) is 9.97. The fourth-order valence-electron chi connectivity index (χ4n) is 1.83. The van der Waals surface area contributed by atoms with Crippen LogP contribution in [0, 0.1) is 0 Å². The van der Waals surface area contributed by atoms with E-state index in [1.165, 1.54) is 12.1 Å². The summed E-state index contributed by atoms with van der Waals surface area (Å²) in [4.78, 5) is 0. The maximum atomic E-state index is 12.5. The van der Waals surface area contributed by atoms with E-state index < -0.39 is 11.7 Å². The average Bonchev–Trinajstić information content (AvgIpc) is 2.45. The number of methoxy groups -OCH3 is 1. The third-order valence-electron chi connectivity index (χ3n) is 3.04. The van der Waals surface area contributed by atoms with E-state index in [0.29, 0.717) is 32.7 Å². The predicted octanol–water partition coefficient (Wildman–Crippen LogP) is 2.13. The SMILES string of the molecule is COCCOCCC(Cc1ccc(C(F)(F)F)cc1)NN. The van der Waals surface area contributed by atoms with Gasteiger partial charge < -0.3 is 9.47 Å². The molecule has 0 aliphatic rings. The van der Waals surface area contributed by atoms with Crippen molar-refractivity contribution in [3.05, 3.63) is 35.4 Å². The third kappa shape index (κ3) is 6.90. The van der Waals surface area contributed by atoms with Gasteiger partial charge >= 0.3 is 6.18 Å². The molecule has 21 heavy (non-hydrogen) atoms. The van der Waals surface area contributed by atoms with Crippen LogP contribution in [0.15, 0.2) is 24.3 Å². The van der Waals surface area contributed by atoms with Crippen LogP contribution in [0.2, 0.25) is 0 Å². The minimum atomic E-state index is -4.31. The molecule has 0 spiro atoms. The van der Waals surface area contributed by atoms with Crippen LogP contribution in [0.25, 0.3) is 0 Å². The number of halogens is 3. The maximum absolute atomic E-state index is 12.5. The minimum absolute atomic E-state index is 0.0516. The third-order valence-corrected chi connectivity index (χ3v) is 3.04. The second-order valence-corrected chi connectivity index (χ2v) is 4.66. The number of ether oxygens (including phenoxy) is 2. The fourth-order valence-corrected chi connectivity index (χ4v) is 1.83. The van der Waals surface area contributed by atoms with Crippen molar-refractivity contribution in [1.82, 2.24) is 5.43 Å². The number of hydrogen-bond acceptors (Lipinski definition) is 4. The lowest BCUT2D eigenvalue weighted by atomic mass is 10.0. The van der Waals surface area contributed by atoms with E-state index in [1.54, 1.807) is 7.11 Å². The van der Waals surface area contributed by atoms with Gasteiger partial charge in [0.05, 0.1) is 18.8 Å². The number of rotatable bonds is 9. The van der Waals surface area contributed by atoms with Crippen LogP contribution in [-0.2, 0) is 22.1 Å². The molecule has 120 valence electrons. The summed E-state index contributed by atoms with van der Waals surface area (Å²) >= 11 is 0. The molecule has 1 unspecified atom stereocenters. The first-order valence-corrected chi connectivity index (χ1v) is 6.66. The zero-order valence-corrected chi connectivity index (χ0v) is 12.0. The highest BCUT2D eigenvalue weighted by molar-refractivity contribution is 5.25. The molecule has 0 aliphatic carbocycles. The van der Waals surface area contributed by atoms with Crippen molar-refractivity contribution in [1.29, 1.82) is 0 Å². The van der Waals surface area contributed by atoms with Gasteiger partial charge in [0.1, 0.15) is 0 Å². The lowest BCUT2D eigenvalue weighted by Gasteiger charge is -2.16. The highest BCUT2D eigenvalue weighted by Gasteiger charge is 2.29. The van der Waals surface area contributed by atoms with Crippen molar-refractivity contribution >= 4 is 0 Å². The van der Waals surface area contributed by atoms with Gasteiger partial charge in [-0.15, -0.1) is 0 Å². The summed E-state index contributed by atoms with van der Waals surface area (Å²) in [5.74, 6) is 5.45. The molecule has 1 rings (SSSR count). The molecule has 1 atom stereocenters. The number of benzene rings is 1. The van der Waals surface area contributed by atoms with E-state index in [0.717, 1.165) is 17.7 Å². The van der Waals surface area contributed by atoms with Gasteiger partial charge in [0, 0.05) is 19.8 Å². The second kappa shape index (κ2) is 8.99. The molecule has 3 N–H and O–H groups in total. The van der Waals surface area contributed by atoms with Gasteiger partial charge in [-0.2, -0.15) is 13.2 Å². The van der Waals surface area contributed by atoms with Crippen LogP contribution >= 0.6 is 0 Å². The summed E-state index contributed by atoms with van der Waals surface area (Å²) in [6.07, 6.45) is -3.09. The van der Waals surface area contributed by atoms with Crippen LogP contribution in [0.1, 0.15) is 17.5 Å². The van der Waals surface area contributed by atoms with Crippen LogP contribution in [-0.4, -0.2) is 33.0 Å². The summed E-state index contributed by atoms with van der Waals surface area (Å²) in [5, 5.41) is 0. The van der Waals surface area contributed by atoms with E-state index in [-0.39, 0.29) is 6.04 Å². The monoisotopic (exact) mass is 306 g/mol. The van der Waals surface area contributed by atoms with Crippen molar-refractivity contribution in [2.75, 3.05) is 26.9 Å². The van der Waals surface area contributed by atoms with Gasteiger partial charge in [0.15, 0.2) is 0 Å². The second-order valence-electron chi connectivity index (χ2n) is 4.66. The van der Waals surface area contributed by atoms with E-state index in [1.807, 2.05) is 0 Å². The van der Waals surface area contributed by atoms with Gasteiger partial charge in [0.2, 0.25) is 0 Å². The van der Waals surface area contributed by atoms with Crippen molar-refractivity contribution in [3.8, 4) is 0 Å². The largest absolute Gasteiger partial charge is 0.416 e. The quantitative estimate of drug-likeness (QED) is 0.417. The van der Waals surface area contributed by atoms with Crippen LogP contribution in [0.5, 0.6) is 0 Å². The molecule has 1 aromatic rings. The van der Waals surface area contributed by atoms with Gasteiger partial charge in [0.25, 0.3) is 0 Å². The Kier molecular flexibility index (Phi) is 7.66. The molecule has 0 radical (unpaired) electrons. The first-order valence-electron chi connectivity index (χ1n) is 6.66. The summed E-state index contributed by atoms with van der Waals surface area (Å²) in [5.41, 5.74) is 2.80. The molecule has 0 amide bonds. The van der Waals surface area contributed by atoms with Crippen LogP contribution in [0.4, 0.5) is 13.2 Å². The van der Waals surface area contributed by atoms with Crippen molar-refractivity contribution in [2.24, 2.45) is 5.84 Å². The highest BCUT2D eigenvalue weighted by atomic mass is 19.4. The van der Waals surface area contributed by atoms with Gasteiger partial charge in [-0.1, -0.05) is 12.1 Å². The molecule has 0 bridgehead atoms. The lowest BCUT2D eigenvalue weighted by Crippen LogP contribution is -2.37.